The highest BCUT2D eigenvalue weighted by Crippen LogP contribution is 2.28. The largest absolute Gasteiger partial charge is 0.354 e. The van der Waals surface area contributed by atoms with E-state index in [1.807, 2.05) is 73.7 Å². The molecule has 4 nitrogen and oxygen atoms in total. The monoisotopic (exact) mass is 388 g/mol. The normalized spacial score (nSPS) is 11.3. The zero-order chi connectivity index (χ0) is 19.6. The van der Waals surface area contributed by atoms with Crippen LogP contribution in [0, 0.1) is 6.92 Å². The van der Waals surface area contributed by atoms with Gasteiger partial charge in [0.05, 0.1) is 16.3 Å². The van der Waals surface area contributed by atoms with Gasteiger partial charge >= 0.3 is 0 Å². The molecule has 0 atom stereocenters. The molecular formula is C23H20N2O2S. The van der Waals surface area contributed by atoms with Gasteiger partial charge < -0.3 is 5.32 Å². The molecule has 0 fully saturated rings. The molecule has 0 radical (unpaired) electrons. The van der Waals surface area contributed by atoms with Crippen LogP contribution in [-0.4, -0.2) is 8.42 Å². The fourth-order valence-electron chi connectivity index (χ4n) is 3.01. The van der Waals surface area contributed by atoms with E-state index in [0.717, 1.165) is 22.0 Å². The third-order valence-electron chi connectivity index (χ3n) is 4.53. The van der Waals surface area contributed by atoms with E-state index in [9.17, 15) is 8.42 Å². The Bertz CT molecular complexity index is 1230. The molecule has 2 N–H and O–H groups in total. The number of fused-ring (bicyclic) bond motifs is 1. The molecule has 0 aliphatic carbocycles. The van der Waals surface area contributed by atoms with Gasteiger partial charge in [-0.2, -0.15) is 0 Å². The first-order chi connectivity index (χ1) is 13.5. The predicted molar refractivity (Wildman–Crippen MR) is 116 cm³/mol. The van der Waals surface area contributed by atoms with E-state index in [1.165, 1.54) is 0 Å². The molecule has 0 saturated heterocycles. The Hall–Kier alpha value is -3.31. The molecule has 5 heteroatoms. The molecule has 0 spiro atoms. The second-order valence-electron chi connectivity index (χ2n) is 6.65. The summed E-state index contributed by atoms with van der Waals surface area (Å²) in [5, 5.41) is 5.16. The summed E-state index contributed by atoms with van der Waals surface area (Å²) in [4.78, 5) is 0.233. The van der Waals surface area contributed by atoms with Crippen molar-refractivity contribution < 1.29 is 8.42 Å². The van der Waals surface area contributed by atoms with Crippen LogP contribution >= 0.6 is 0 Å². The minimum absolute atomic E-state index is 0.233. The fraction of sp³-hybridized carbons (Fsp3) is 0.0435. The van der Waals surface area contributed by atoms with E-state index < -0.39 is 10.0 Å². The number of para-hydroxylation sites is 2. The number of nitrogens with one attached hydrogen (secondary N) is 2. The van der Waals surface area contributed by atoms with E-state index >= 15 is 0 Å². The molecular weight excluding hydrogens is 368 g/mol. The Labute approximate surface area is 164 Å². The topological polar surface area (TPSA) is 58.2 Å². The van der Waals surface area contributed by atoms with Crippen LogP contribution in [0.4, 0.5) is 17.1 Å². The number of rotatable bonds is 5. The predicted octanol–water partition coefficient (Wildman–Crippen LogP) is 5.69. The van der Waals surface area contributed by atoms with E-state index in [0.29, 0.717) is 11.4 Å². The standard InChI is InChI=1S/C23H20N2O2S/c1-17-10-13-20(14-11-17)24-22-8-4-5-9-23(22)25-28(26,27)21-15-12-18-6-2-3-7-19(18)16-21/h2-16,24-25H,1H3. The molecule has 4 aromatic rings. The Kier molecular flexibility index (Phi) is 4.75. The number of sulfonamides is 1. The van der Waals surface area contributed by atoms with Gasteiger partial charge in [0.1, 0.15) is 0 Å². The van der Waals surface area contributed by atoms with Gasteiger partial charge in [-0.05, 0) is 54.1 Å². The molecule has 4 rings (SSSR count). The van der Waals surface area contributed by atoms with Crippen molar-refractivity contribution in [2.75, 3.05) is 10.0 Å². The highest BCUT2D eigenvalue weighted by molar-refractivity contribution is 7.92. The van der Waals surface area contributed by atoms with Gasteiger partial charge in [-0.15, -0.1) is 0 Å². The Morgan fingerprint density at radius 3 is 2.07 bits per heavy atom. The zero-order valence-corrected chi connectivity index (χ0v) is 16.2. The molecule has 0 amide bonds. The lowest BCUT2D eigenvalue weighted by Crippen LogP contribution is -2.14. The van der Waals surface area contributed by atoms with Crippen LogP contribution < -0.4 is 10.0 Å². The average molecular weight is 388 g/mol. The number of hydrogen-bond acceptors (Lipinski definition) is 3. The summed E-state index contributed by atoms with van der Waals surface area (Å²) in [7, 11) is -3.72. The molecule has 28 heavy (non-hydrogen) atoms. The Morgan fingerprint density at radius 2 is 1.32 bits per heavy atom. The smallest absolute Gasteiger partial charge is 0.261 e. The van der Waals surface area contributed by atoms with Crippen molar-refractivity contribution in [3.63, 3.8) is 0 Å². The summed E-state index contributed by atoms with van der Waals surface area (Å²) < 4.78 is 28.6. The van der Waals surface area contributed by atoms with Gasteiger partial charge in [0.15, 0.2) is 0 Å². The number of hydrogen-bond donors (Lipinski definition) is 2. The van der Waals surface area contributed by atoms with Gasteiger partial charge in [-0.1, -0.05) is 60.2 Å². The van der Waals surface area contributed by atoms with Crippen LogP contribution in [0.5, 0.6) is 0 Å². The lowest BCUT2D eigenvalue weighted by atomic mass is 10.1. The second-order valence-corrected chi connectivity index (χ2v) is 8.33. The van der Waals surface area contributed by atoms with Gasteiger partial charge in [0.25, 0.3) is 10.0 Å². The Balaban J connectivity index is 1.65. The van der Waals surface area contributed by atoms with Crippen LogP contribution in [0.15, 0.2) is 95.9 Å². The summed E-state index contributed by atoms with van der Waals surface area (Å²) in [5.74, 6) is 0. The molecule has 140 valence electrons. The second kappa shape index (κ2) is 7.37. The molecule has 0 aromatic heterocycles. The maximum absolute atomic E-state index is 13.0. The van der Waals surface area contributed by atoms with Gasteiger partial charge in [0.2, 0.25) is 0 Å². The summed E-state index contributed by atoms with van der Waals surface area (Å²) >= 11 is 0. The van der Waals surface area contributed by atoms with Gasteiger partial charge in [-0.25, -0.2) is 8.42 Å². The molecule has 0 aliphatic rings. The first-order valence-corrected chi connectivity index (χ1v) is 10.4. The third-order valence-corrected chi connectivity index (χ3v) is 5.90. The molecule has 0 heterocycles. The third kappa shape index (κ3) is 3.85. The minimum atomic E-state index is -3.72. The fourth-order valence-corrected chi connectivity index (χ4v) is 4.13. The highest BCUT2D eigenvalue weighted by atomic mass is 32.2. The minimum Gasteiger partial charge on any atom is -0.354 e. The average Bonchev–Trinajstić information content (AvgIpc) is 2.70. The van der Waals surface area contributed by atoms with E-state index in [2.05, 4.69) is 10.0 Å². The van der Waals surface area contributed by atoms with Crippen molar-refractivity contribution in [3.8, 4) is 0 Å². The maximum Gasteiger partial charge on any atom is 0.261 e. The van der Waals surface area contributed by atoms with Crippen LogP contribution in [0.3, 0.4) is 0 Å². The lowest BCUT2D eigenvalue weighted by molar-refractivity contribution is 0.601. The van der Waals surface area contributed by atoms with Gasteiger partial charge in [0, 0.05) is 5.69 Å². The summed E-state index contributed by atoms with van der Waals surface area (Å²) in [5.41, 5.74) is 3.24. The van der Waals surface area contributed by atoms with Crippen molar-refractivity contribution in [2.45, 2.75) is 11.8 Å². The van der Waals surface area contributed by atoms with Gasteiger partial charge in [-0.3, -0.25) is 4.72 Å². The molecule has 4 aromatic carbocycles. The molecule has 0 unspecified atom stereocenters. The van der Waals surface area contributed by atoms with Crippen molar-refractivity contribution in [1.29, 1.82) is 0 Å². The van der Waals surface area contributed by atoms with Crippen molar-refractivity contribution in [3.05, 3.63) is 96.6 Å². The molecule has 0 saturated carbocycles. The van der Waals surface area contributed by atoms with Crippen molar-refractivity contribution in [1.82, 2.24) is 0 Å². The van der Waals surface area contributed by atoms with Crippen molar-refractivity contribution in [2.24, 2.45) is 0 Å². The van der Waals surface area contributed by atoms with E-state index in [4.69, 9.17) is 0 Å². The SMILES string of the molecule is Cc1ccc(Nc2ccccc2NS(=O)(=O)c2ccc3ccccc3c2)cc1. The lowest BCUT2D eigenvalue weighted by Gasteiger charge is -2.15. The van der Waals surface area contributed by atoms with Crippen LogP contribution in [0.1, 0.15) is 5.56 Å². The van der Waals surface area contributed by atoms with E-state index in [1.54, 1.807) is 24.3 Å². The van der Waals surface area contributed by atoms with Crippen LogP contribution in [0.25, 0.3) is 10.8 Å². The summed E-state index contributed by atoms with van der Waals surface area (Å²) in [6.07, 6.45) is 0. The molecule has 0 bridgehead atoms. The van der Waals surface area contributed by atoms with E-state index in [-0.39, 0.29) is 4.90 Å². The van der Waals surface area contributed by atoms with Crippen molar-refractivity contribution >= 4 is 37.9 Å². The Morgan fingerprint density at radius 1 is 0.679 bits per heavy atom. The summed E-state index contributed by atoms with van der Waals surface area (Å²) in [6.45, 7) is 2.02. The first-order valence-electron chi connectivity index (χ1n) is 8.96. The number of anilines is 3. The van der Waals surface area contributed by atoms with Crippen LogP contribution in [-0.2, 0) is 10.0 Å². The first kappa shape index (κ1) is 18.1. The quantitative estimate of drug-likeness (QED) is 0.461. The molecule has 0 aliphatic heterocycles. The highest BCUT2D eigenvalue weighted by Gasteiger charge is 2.16. The zero-order valence-electron chi connectivity index (χ0n) is 15.4. The van der Waals surface area contributed by atoms with Crippen LogP contribution in [0.2, 0.25) is 0 Å². The number of benzene rings is 4. The number of aryl methyl sites for hydroxylation is 1. The summed E-state index contributed by atoms with van der Waals surface area (Å²) in [6, 6.07) is 28.0. The maximum atomic E-state index is 13.0.